The van der Waals surface area contributed by atoms with Gasteiger partial charge in [0.2, 0.25) is 5.95 Å². The molecule has 1 aromatic heterocycles. The van der Waals surface area contributed by atoms with Gasteiger partial charge in [-0.25, -0.2) is 4.98 Å². The second-order valence-corrected chi connectivity index (χ2v) is 6.09. The van der Waals surface area contributed by atoms with Gasteiger partial charge in [-0.3, -0.25) is 4.57 Å². The van der Waals surface area contributed by atoms with Crippen LogP contribution in [0, 0.1) is 19.8 Å². The number of nitrogens with one attached hydrogen (secondary N) is 1. The number of hydrogen-bond acceptors (Lipinski definition) is 2. The molecule has 0 unspecified atom stereocenters. The maximum absolute atomic E-state index is 4.57. The second kappa shape index (κ2) is 5.78. The third-order valence-electron chi connectivity index (χ3n) is 2.99. The van der Waals surface area contributed by atoms with Gasteiger partial charge in [-0.2, -0.15) is 0 Å². The molecule has 0 aliphatic heterocycles. The molecule has 1 aromatic carbocycles. The monoisotopic (exact) mass is 321 g/mol. The number of nitrogens with zero attached hydrogens (tertiary/aromatic N) is 2. The summed E-state index contributed by atoms with van der Waals surface area (Å²) < 4.78 is 3.24. The van der Waals surface area contributed by atoms with Crippen LogP contribution in [0.2, 0.25) is 0 Å². The van der Waals surface area contributed by atoms with E-state index in [1.807, 2.05) is 13.0 Å². The van der Waals surface area contributed by atoms with Crippen molar-refractivity contribution in [1.29, 1.82) is 0 Å². The lowest BCUT2D eigenvalue weighted by molar-refractivity contribution is 0.683. The van der Waals surface area contributed by atoms with Gasteiger partial charge < -0.3 is 5.32 Å². The largest absolute Gasteiger partial charge is 0.355 e. The van der Waals surface area contributed by atoms with E-state index in [1.54, 1.807) is 0 Å². The van der Waals surface area contributed by atoms with E-state index in [2.05, 4.69) is 69.9 Å². The Hall–Kier alpha value is -1.29. The maximum atomic E-state index is 4.57. The van der Waals surface area contributed by atoms with Crippen molar-refractivity contribution in [2.24, 2.45) is 5.92 Å². The number of imidazole rings is 1. The van der Waals surface area contributed by atoms with E-state index < -0.39 is 0 Å². The molecule has 0 atom stereocenters. The summed E-state index contributed by atoms with van der Waals surface area (Å²) in [6.45, 7) is 9.43. The summed E-state index contributed by atoms with van der Waals surface area (Å²) in [6, 6.07) is 6.22. The smallest absolute Gasteiger partial charge is 0.207 e. The minimum atomic E-state index is 0.592. The number of hydrogen-bond donors (Lipinski definition) is 1. The molecule has 0 saturated carbocycles. The lowest BCUT2D eigenvalue weighted by Gasteiger charge is -2.14. The molecule has 3 nitrogen and oxygen atoms in total. The minimum Gasteiger partial charge on any atom is -0.355 e. The zero-order valence-electron chi connectivity index (χ0n) is 11.9. The number of benzene rings is 1. The summed E-state index contributed by atoms with van der Waals surface area (Å²) in [7, 11) is 0. The van der Waals surface area contributed by atoms with E-state index in [0.717, 1.165) is 28.3 Å². The topological polar surface area (TPSA) is 29.9 Å². The summed E-state index contributed by atoms with van der Waals surface area (Å²) in [5.41, 5.74) is 3.39. The van der Waals surface area contributed by atoms with Crippen molar-refractivity contribution < 1.29 is 0 Å². The highest BCUT2D eigenvalue weighted by Gasteiger charge is 2.11. The minimum absolute atomic E-state index is 0.592. The molecule has 2 rings (SSSR count). The molecule has 19 heavy (non-hydrogen) atoms. The van der Waals surface area contributed by atoms with Gasteiger partial charge in [-0.15, -0.1) is 0 Å². The molecular weight excluding hydrogens is 302 g/mol. The highest BCUT2D eigenvalue weighted by molar-refractivity contribution is 9.10. The Morgan fingerprint density at radius 2 is 2.05 bits per heavy atom. The molecule has 0 aliphatic carbocycles. The fourth-order valence-corrected chi connectivity index (χ4v) is 2.31. The standard InChI is InChI=1S/C15H20BrN3/c1-10(2)8-17-15-18-11(3)9-19(15)14-7-5-6-13(16)12(14)4/h5-7,9-10H,8H2,1-4H3,(H,17,18). The van der Waals surface area contributed by atoms with E-state index in [-0.39, 0.29) is 0 Å². The third-order valence-corrected chi connectivity index (χ3v) is 3.85. The number of anilines is 1. The molecule has 0 radical (unpaired) electrons. The molecule has 2 aromatic rings. The highest BCUT2D eigenvalue weighted by Crippen LogP contribution is 2.25. The van der Waals surface area contributed by atoms with Gasteiger partial charge in [-0.1, -0.05) is 35.8 Å². The van der Waals surface area contributed by atoms with Gasteiger partial charge in [-0.05, 0) is 37.5 Å². The van der Waals surface area contributed by atoms with Gasteiger partial charge in [0.25, 0.3) is 0 Å². The quantitative estimate of drug-likeness (QED) is 0.908. The van der Waals surface area contributed by atoms with Crippen LogP contribution in [0.3, 0.4) is 0 Å². The average molecular weight is 322 g/mol. The molecule has 102 valence electrons. The molecule has 0 amide bonds. The Bertz CT molecular complexity index is 573. The predicted molar refractivity (Wildman–Crippen MR) is 84.1 cm³/mol. The van der Waals surface area contributed by atoms with Gasteiger partial charge in [0.1, 0.15) is 0 Å². The van der Waals surface area contributed by atoms with Crippen LogP contribution in [-0.2, 0) is 0 Å². The molecule has 1 N–H and O–H groups in total. The summed E-state index contributed by atoms with van der Waals surface area (Å²) in [4.78, 5) is 4.57. The van der Waals surface area contributed by atoms with Crippen LogP contribution in [0.1, 0.15) is 25.1 Å². The lowest BCUT2D eigenvalue weighted by Crippen LogP contribution is -2.12. The van der Waals surface area contributed by atoms with E-state index >= 15 is 0 Å². The lowest BCUT2D eigenvalue weighted by atomic mass is 10.2. The van der Waals surface area contributed by atoms with Crippen molar-refractivity contribution in [2.45, 2.75) is 27.7 Å². The first-order chi connectivity index (χ1) is 8.99. The van der Waals surface area contributed by atoms with Gasteiger partial charge in [0.05, 0.1) is 11.4 Å². The van der Waals surface area contributed by atoms with Crippen molar-refractivity contribution in [2.75, 3.05) is 11.9 Å². The van der Waals surface area contributed by atoms with E-state index in [0.29, 0.717) is 5.92 Å². The Balaban J connectivity index is 2.41. The molecule has 0 fully saturated rings. The van der Waals surface area contributed by atoms with Crippen molar-refractivity contribution in [3.63, 3.8) is 0 Å². The Morgan fingerprint density at radius 1 is 1.32 bits per heavy atom. The van der Waals surface area contributed by atoms with Crippen LogP contribution in [0.15, 0.2) is 28.9 Å². The molecule has 0 aliphatic rings. The molecule has 0 spiro atoms. The summed E-state index contributed by atoms with van der Waals surface area (Å²) in [5.74, 6) is 1.50. The number of aromatic nitrogens is 2. The molecule has 1 heterocycles. The van der Waals surface area contributed by atoms with Crippen LogP contribution in [-0.4, -0.2) is 16.1 Å². The normalized spacial score (nSPS) is 11.1. The van der Waals surface area contributed by atoms with Crippen LogP contribution in [0.25, 0.3) is 5.69 Å². The van der Waals surface area contributed by atoms with E-state index in [4.69, 9.17) is 0 Å². The van der Waals surface area contributed by atoms with Crippen LogP contribution < -0.4 is 5.32 Å². The Morgan fingerprint density at radius 3 is 2.74 bits per heavy atom. The Kier molecular flexibility index (Phi) is 4.30. The second-order valence-electron chi connectivity index (χ2n) is 5.23. The first-order valence-corrected chi connectivity index (χ1v) is 7.33. The van der Waals surface area contributed by atoms with Gasteiger partial charge >= 0.3 is 0 Å². The van der Waals surface area contributed by atoms with Crippen LogP contribution in [0.5, 0.6) is 0 Å². The number of halogens is 1. The van der Waals surface area contributed by atoms with Crippen molar-refractivity contribution in [3.05, 3.63) is 40.1 Å². The summed E-state index contributed by atoms with van der Waals surface area (Å²) >= 11 is 3.58. The fourth-order valence-electron chi connectivity index (χ4n) is 1.96. The van der Waals surface area contributed by atoms with Gasteiger partial charge in [0, 0.05) is 17.2 Å². The van der Waals surface area contributed by atoms with Gasteiger partial charge in [0.15, 0.2) is 0 Å². The van der Waals surface area contributed by atoms with E-state index in [1.165, 1.54) is 5.56 Å². The van der Waals surface area contributed by atoms with Crippen LogP contribution in [0.4, 0.5) is 5.95 Å². The Labute approximate surface area is 123 Å². The third kappa shape index (κ3) is 3.18. The van der Waals surface area contributed by atoms with Crippen LogP contribution >= 0.6 is 15.9 Å². The number of aryl methyl sites for hydroxylation is 1. The summed E-state index contributed by atoms with van der Waals surface area (Å²) in [6.07, 6.45) is 2.07. The van der Waals surface area contributed by atoms with Crippen molar-refractivity contribution >= 4 is 21.9 Å². The highest BCUT2D eigenvalue weighted by atomic mass is 79.9. The fraction of sp³-hybridized carbons (Fsp3) is 0.400. The average Bonchev–Trinajstić information content (AvgIpc) is 2.71. The SMILES string of the molecule is Cc1cn(-c2cccc(Br)c2C)c(NCC(C)C)n1. The number of rotatable bonds is 4. The van der Waals surface area contributed by atoms with Crippen molar-refractivity contribution in [3.8, 4) is 5.69 Å². The zero-order chi connectivity index (χ0) is 14.0. The molecule has 0 bridgehead atoms. The molecular formula is C15H20BrN3. The maximum Gasteiger partial charge on any atom is 0.207 e. The molecule has 0 saturated heterocycles. The first kappa shape index (κ1) is 14.1. The van der Waals surface area contributed by atoms with Crippen molar-refractivity contribution in [1.82, 2.24) is 9.55 Å². The zero-order valence-corrected chi connectivity index (χ0v) is 13.5. The first-order valence-electron chi connectivity index (χ1n) is 6.54. The summed E-state index contributed by atoms with van der Waals surface area (Å²) in [5, 5.41) is 3.42. The molecule has 4 heteroatoms. The van der Waals surface area contributed by atoms with E-state index in [9.17, 15) is 0 Å². The predicted octanol–water partition coefficient (Wildman–Crippen LogP) is 4.32.